The highest BCUT2D eigenvalue weighted by Crippen LogP contribution is 2.23. The van der Waals surface area contributed by atoms with Gasteiger partial charge in [0.25, 0.3) is 0 Å². The summed E-state index contributed by atoms with van der Waals surface area (Å²) in [5.74, 6) is -0.717. The Labute approximate surface area is 92.9 Å². The van der Waals surface area contributed by atoms with Gasteiger partial charge in [-0.2, -0.15) is 0 Å². The Morgan fingerprint density at radius 1 is 1.31 bits per heavy atom. The number of cyclic esters (lactones) is 1. The van der Waals surface area contributed by atoms with Gasteiger partial charge in [-0.1, -0.05) is 18.2 Å². The molecule has 0 radical (unpaired) electrons. The Balaban J connectivity index is 2.41. The fourth-order valence-electron chi connectivity index (χ4n) is 1.39. The number of rotatable bonds is 2. The summed E-state index contributed by atoms with van der Waals surface area (Å²) in [7, 11) is 0. The van der Waals surface area contributed by atoms with Crippen molar-refractivity contribution in [3.05, 3.63) is 35.9 Å². The molecular weight excluding hydrogens is 206 g/mol. The first-order chi connectivity index (χ1) is 7.54. The van der Waals surface area contributed by atoms with Gasteiger partial charge in [-0.25, -0.2) is 9.79 Å². The van der Waals surface area contributed by atoms with Crippen LogP contribution in [0.15, 0.2) is 35.3 Å². The van der Waals surface area contributed by atoms with Crippen LogP contribution in [0.5, 0.6) is 0 Å². The Kier molecular flexibility index (Phi) is 2.34. The van der Waals surface area contributed by atoms with Crippen LogP contribution in [0.2, 0.25) is 0 Å². The first-order valence-electron chi connectivity index (χ1n) is 4.92. The van der Waals surface area contributed by atoms with Crippen LogP contribution in [0.4, 0.5) is 0 Å². The van der Waals surface area contributed by atoms with Crippen molar-refractivity contribution in [1.29, 1.82) is 0 Å². The molecule has 1 unspecified atom stereocenters. The molecule has 0 amide bonds. The molecular formula is C12H11NO3. The molecule has 0 aliphatic carbocycles. The zero-order valence-electron chi connectivity index (χ0n) is 9.06. The predicted molar refractivity (Wildman–Crippen MR) is 58.2 cm³/mol. The largest absolute Gasteiger partial charge is 0.405 e. The van der Waals surface area contributed by atoms with E-state index in [9.17, 15) is 9.59 Å². The number of esters is 1. The molecule has 0 saturated carbocycles. The SMILES string of the molecule is CC(=O)C1(C)N=C(c2ccccc2)OC1=O. The fourth-order valence-corrected chi connectivity index (χ4v) is 1.39. The number of benzene rings is 1. The second-order valence-corrected chi connectivity index (χ2v) is 3.80. The van der Waals surface area contributed by atoms with Crippen LogP contribution >= 0.6 is 0 Å². The minimum atomic E-state index is -1.38. The summed E-state index contributed by atoms with van der Waals surface area (Å²) >= 11 is 0. The van der Waals surface area contributed by atoms with E-state index in [1.54, 1.807) is 12.1 Å². The van der Waals surface area contributed by atoms with E-state index in [1.807, 2.05) is 18.2 Å². The highest BCUT2D eigenvalue weighted by atomic mass is 16.6. The van der Waals surface area contributed by atoms with Crippen molar-refractivity contribution < 1.29 is 14.3 Å². The minimum absolute atomic E-state index is 0.211. The van der Waals surface area contributed by atoms with Crippen molar-refractivity contribution in [2.75, 3.05) is 0 Å². The molecule has 16 heavy (non-hydrogen) atoms. The normalized spacial score (nSPS) is 23.9. The van der Waals surface area contributed by atoms with Gasteiger partial charge in [0.05, 0.1) is 0 Å². The van der Waals surface area contributed by atoms with Gasteiger partial charge in [0, 0.05) is 5.56 Å². The monoisotopic (exact) mass is 217 g/mol. The quantitative estimate of drug-likeness (QED) is 0.554. The lowest BCUT2D eigenvalue weighted by molar-refractivity contribution is -0.142. The lowest BCUT2D eigenvalue weighted by Gasteiger charge is -2.09. The second kappa shape index (κ2) is 3.56. The summed E-state index contributed by atoms with van der Waals surface area (Å²) in [5, 5.41) is 0. The molecule has 1 atom stereocenters. The van der Waals surface area contributed by atoms with Gasteiger partial charge in [-0.05, 0) is 26.0 Å². The molecule has 0 fully saturated rings. The first kappa shape index (κ1) is 10.5. The highest BCUT2D eigenvalue weighted by Gasteiger charge is 2.46. The Morgan fingerprint density at radius 2 is 1.94 bits per heavy atom. The molecule has 1 aliphatic heterocycles. The lowest BCUT2D eigenvalue weighted by Crippen LogP contribution is -2.37. The van der Waals surface area contributed by atoms with Gasteiger partial charge < -0.3 is 4.74 Å². The van der Waals surface area contributed by atoms with Crippen molar-refractivity contribution in [3.63, 3.8) is 0 Å². The third kappa shape index (κ3) is 1.52. The third-order valence-electron chi connectivity index (χ3n) is 2.62. The number of ether oxygens (including phenoxy) is 1. The van der Waals surface area contributed by atoms with E-state index in [-0.39, 0.29) is 11.7 Å². The van der Waals surface area contributed by atoms with E-state index in [1.165, 1.54) is 13.8 Å². The van der Waals surface area contributed by atoms with Crippen molar-refractivity contribution in [1.82, 2.24) is 0 Å². The molecule has 0 bridgehead atoms. The van der Waals surface area contributed by atoms with Crippen molar-refractivity contribution in [2.45, 2.75) is 19.4 Å². The third-order valence-corrected chi connectivity index (χ3v) is 2.62. The van der Waals surface area contributed by atoms with Gasteiger partial charge in [0.15, 0.2) is 5.78 Å². The zero-order chi connectivity index (χ0) is 11.8. The molecule has 2 rings (SSSR count). The van der Waals surface area contributed by atoms with Gasteiger partial charge in [-0.15, -0.1) is 0 Å². The van der Waals surface area contributed by atoms with E-state index in [0.29, 0.717) is 5.56 Å². The highest BCUT2D eigenvalue weighted by molar-refractivity contribution is 6.17. The number of Topliss-reactive ketones (excluding diaryl/α,β-unsaturated/α-hetero) is 1. The standard InChI is InChI=1S/C12H11NO3/c1-8(14)12(2)11(15)16-10(13-12)9-6-4-3-5-7-9/h3-7H,1-2H3. The molecule has 82 valence electrons. The Bertz CT molecular complexity index is 478. The van der Waals surface area contributed by atoms with E-state index in [0.717, 1.165) is 0 Å². The molecule has 0 saturated heterocycles. The van der Waals surface area contributed by atoms with Crippen LogP contribution in [0, 0.1) is 0 Å². The van der Waals surface area contributed by atoms with E-state index >= 15 is 0 Å². The van der Waals surface area contributed by atoms with E-state index < -0.39 is 11.5 Å². The molecule has 0 N–H and O–H groups in total. The molecule has 1 heterocycles. The maximum atomic E-state index is 11.6. The molecule has 4 heteroatoms. The number of aliphatic imine (C=N–C) groups is 1. The number of nitrogens with zero attached hydrogens (tertiary/aromatic N) is 1. The number of ketones is 1. The number of carbonyl (C=O) groups is 2. The topological polar surface area (TPSA) is 55.7 Å². The van der Waals surface area contributed by atoms with Gasteiger partial charge >= 0.3 is 5.97 Å². The average Bonchev–Trinajstić information content (AvgIpc) is 2.58. The first-order valence-corrected chi connectivity index (χ1v) is 4.92. The average molecular weight is 217 g/mol. The number of hydrogen-bond donors (Lipinski definition) is 0. The van der Waals surface area contributed by atoms with Crippen LogP contribution in [0.1, 0.15) is 19.4 Å². The Morgan fingerprint density at radius 3 is 2.44 bits per heavy atom. The lowest BCUT2D eigenvalue weighted by atomic mass is 10.00. The summed E-state index contributed by atoms with van der Waals surface area (Å²) in [4.78, 5) is 27.0. The van der Waals surface area contributed by atoms with Crippen molar-refractivity contribution in [3.8, 4) is 0 Å². The van der Waals surface area contributed by atoms with Crippen molar-refractivity contribution >= 4 is 17.7 Å². The van der Waals surface area contributed by atoms with Crippen LogP contribution in [0.25, 0.3) is 0 Å². The predicted octanol–water partition coefficient (Wildman–Crippen LogP) is 1.34. The van der Waals surface area contributed by atoms with Crippen molar-refractivity contribution in [2.24, 2.45) is 4.99 Å². The van der Waals surface area contributed by atoms with Crippen LogP contribution < -0.4 is 0 Å². The summed E-state index contributed by atoms with van der Waals surface area (Å²) in [6.07, 6.45) is 0. The van der Waals surface area contributed by atoms with Crippen LogP contribution in [-0.4, -0.2) is 23.2 Å². The molecule has 4 nitrogen and oxygen atoms in total. The Hall–Kier alpha value is -1.97. The number of hydrogen-bond acceptors (Lipinski definition) is 4. The zero-order valence-corrected chi connectivity index (χ0v) is 9.06. The van der Waals surface area contributed by atoms with E-state index in [4.69, 9.17) is 4.74 Å². The molecule has 1 aliphatic rings. The van der Waals surface area contributed by atoms with Gasteiger partial charge in [-0.3, -0.25) is 4.79 Å². The minimum Gasteiger partial charge on any atom is -0.405 e. The summed E-state index contributed by atoms with van der Waals surface area (Å²) in [6.45, 7) is 2.80. The van der Waals surface area contributed by atoms with E-state index in [2.05, 4.69) is 4.99 Å². The summed E-state index contributed by atoms with van der Waals surface area (Å²) in [6, 6.07) is 9.03. The number of carbonyl (C=O) groups excluding carboxylic acids is 2. The summed E-state index contributed by atoms with van der Waals surface area (Å²) < 4.78 is 5.01. The fraction of sp³-hybridized carbons (Fsp3) is 0.250. The molecule has 1 aromatic carbocycles. The molecule has 0 spiro atoms. The van der Waals surface area contributed by atoms with Crippen LogP contribution in [0.3, 0.4) is 0 Å². The summed E-state index contributed by atoms with van der Waals surface area (Å²) in [5.41, 5.74) is -0.689. The van der Waals surface area contributed by atoms with Gasteiger partial charge in [0.2, 0.25) is 11.4 Å². The molecule has 0 aromatic heterocycles. The maximum Gasteiger partial charge on any atom is 0.348 e. The smallest absolute Gasteiger partial charge is 0.348 e. The van der Waals surface area contributed by atoms with Crippen LogP contribution in [-0.2, 0) is 14.3 Å². The molecule has 1 aromatic rings. The second-order valence-electron chi connectivity index (χ2n) is 3.80. The van der Waals surface area contributed by atoms with Gasteiger partial charge in [0.1, 0.15) is 0 Å². The maximum absolute atomic E-state index is 11.6.